The van der Waals surface area contributed by atoms with Crippen molar-refractivity contribution in [1.82, 2.24) is 4.90 Å². The van der Waals surface area contributed by atoms with Crippen LogP contribution in [-0.2, 0) is 14.4 Å². The Morgan fingerprint density at radius 2 is 1.77 bits per heavy atom. The third kappa shape index (κ3) is 3.05. The molecule has 0 bridgehead atoms. The van der Waals surface area contributed by atoms with Crippen molar-refractivity contribution in [3.05, 3.63) is 30.4 Å². The Hall–Kier alpha value is -2.83. The van der Waals surface area contributed by atoms with E-state index in [1.165, 1.54) is 4.90 Å². The molecule has 7 heteroatoms. The molecule has 0 spiro atoms. The van der Waals surface area contributed by atoms with Crippen molar-refractivity contribution >= 4 is 23.4 Å². The first-order chi connectivity index (χ1) is 12.6. The molecule has 0 radical (unpaired) electrons. The molecule has 1 aliphatic carbocycles. The first-order valence-electron chi connectivity index (χ1n) is 8.83. The molecule has 4 rings (SSSR count). The van der Waals surface area contributed by atoms with Gasteiger partial charge in [0.1, 0.15) is 0 Å². The summed E-state index contributed by atoms with van der Waals surface area (Å²) < 4.78 is 10.5. The van der Waals surface area contributed by atoms with Gasteiger partial charge in [0, 0.05) is 24.7 Å². The Morgan fingerprint density at radius 1 is 1.08 bits per heavy atom. The summed E-state index contributed by atoms with van der Waals surface area (Å²) in [6, 6.07) is 5.21. The average Bonchev–Trinajstić information content (AvgIpc) is 3.20. The number of hydrogen-bond acceptors (Lipinski definition) is 5. The number of allylic oxidation sites excluding steroid dienone is 2. The Balaban J connectivity index is 1.27. The van der Waals surface area contributed by atoms with E-state index in [1.54, 1.807) is 18.2 Å². The molecule has 2 atom stereocenters. The number of benzene rings is 1. The zero-order valence-electron chi connectivity index (χ0n) is 14.3. The summed E-state index contributed by atoms with van der Waals surface area (Å²) in [5, 5.41) is 2.80. The standard InChI is InChI=1S/C19H20N2O5/c22-17(20-12-7-8-15-16(10-12)26-11-25-15)6-3-9-21-18(23)13-4-1-2-5-14(13)19(21)24/h1-2,7-8,10,13-14H,3-6,9,11H2,(H,20,22)/t13-,14-/m0/s1. The van der Waals surface area contributed by atoms with Crippen LogP contribution in [0.3, 0.4) is 0 Å². The lowest BCUT2D eigenvalue weighted by atomic mass is 9.85. The first-order valence-corrected chi connectivity index (χ1v) is 8.83. The van der Waals surface area contributed by atoms with Crippen molar-refractivity contribution in [3.8, 4) is 11.5 Å². The number of fused-ring (bicyclic) bond motifs is 2. The van der Waals surface area contributed by atoms with Crippen LogP contribution in [-0.4, -0.2) is 36.0 Å². The van der Waals surface area contributed by atoms with Crippen molar-refractivity contribution in [1.29, 1.82) is 0 Å². The van der Waals surface area contributed by atoms with E-state index in [2.05, 4.69) is 5.32 Å². The molecule has 0 unspecified atom stereocenters. The molecule has 136 valence electrons. The summed E-state index contributed by atoms with van der Waals surface area (Å²) in [7, 11) is 0. The van der Waals surface area contributed by atoms with Crippen LogP contribution in [0.2, 0.25) is 0 Å². The second kappa shape index (κ2) is 6.82. The molecule has 0 saturated carbocycles. The summed E-state index contributed by atoms with van der Waals surface area (Å²) in [5.41, 5.74) is 0.629. The summed E-state index contributed by atoms with van der Waals surface area (Å²) in [6.07, 6.45) is 5.88. The third-order valence-corrected chi connectivity index (χ3v) is 5.04. The van der Waals surface area contributed by atoms with Crippen LogP contribution in [0.5, 0.6) is 11.5 Å². The average molecular weight is 356 g/mol. The highest BCUT2D eigenvalue weighted by Crippen LogP contribution is 2.35. The summed E-state index contributed by atoms with van der Waals surface area (Å²) in [6.45, 7) is 0.474. The Kier molecular flexibility index (Phi) is 4.36. The van der Waals surface area contributed by atoms with Crippen molar-refractivity contribution in [2.24, 2.45) is 11.8 Å². The van der Waals surface area contributed by atoms with Crippen LogP contribution in [0.25, 0.3) is 0 Å². The smallest absolute Gasteiger partial charge is 0.233 e. The number of carbonyl (C=O) groups excluding carboxylic acids is 3. The fraction of sp³-hybridized carbons (Fsp3) is 0.421. The number of ether oxygens (including phenoxy) is 2. The molecule has 26 heavy (non-hydrogen) atoms. The maximum atomic E-state index is 12.4. The van der Waals surface area contributed by atoms with Crippen LogP contribution < -0.4 is 14.8 Å². The van der Waals surface area contributed by atoms with E-state index < -0.39 is 0 Å². The highest BCUT2D eigenvalue weighted by molar-refractivity contribution is 6.05. The van der Waals surface area contributed by atoms with E-state index in [0.29, 0.717) is 43.0 Å². The molecule has 0 aromatic heterocycles. The predicted octanol–water partition coefficient (Wildman–Crippen LogP) is 2.09. The second-order valence-electron chi connectivity index (χ2n) is 6.70. The minimum atomic E-state index is -0.213. The number of hydrogen-bond donors (Lipinski definition) is 1. The van der Waals surface area contributed by atoms with E-state index in [4.69, 9.17) is 9.47 Å². The van der Waals surface area contributed by atoms with Gasteiger partial charge in [-0.3, -0.25) is 19.3 Å². The van der Waals surface area contributed by atoms with Gasteiger partial charge in [0.05, 0.1) is 11.8 Å². The number of carbonyl (C=O) groups is 3. The van der Waals surface area contributed by atoms with E-state index in [9.17, 15) is 14.4 Å². The van der Waals surface area contributed by atoms with Gasteiger partial charge >= 0.3 is 0 Å². The Labute approximate surface area is 150 Å². The van der Waals surface area contributed by atoms with Gasteiger partial charge in [0.15, 0.2) is 11.5 Å². The van der Waals surface area contributed by atoms with Gasteiger partial charge in [-0.15, -0.1) is 0 Å². The van der Waals surface area contributed by atoms with E-state index in [1.807, 2.05) is 12.2 Å². The molecule has 2 heterocycles. The fourth-order valence-electron chi connectivity index (χ4n) is 3.68. The second-order valence-corrected chi connectivity index (χ2v) is 6.70. The van der Waals surface area contributed by atoms with Crippen molar-refractivity contribution in [3.63, 3.8) is 0 Å². The molecule has 2 aliphatic heterocycles. The minimum Gasteiger partial charge on any atom is -0.454 e. The number of amides is 3. The molecular formula is C19H20N2O5. The van der Waals surface area contributed by atoms with E-state index in [0.717, 1.165) is 0 Å². The molecule has 1 saturated heterocycles. The summed E-state index contributed by atoms with van der Waals surface area (Å²) in [4.78, 5) is 38.2. The molecule has 3 amide bonds. The zero-order chi connectivity index (χ0) is 18.1. The van der Waals surface area contributed by atoms with Gasteiger partial charge < -0.3 is 14.8 Å². The van der Waals surface area contributed by atoms with Gasteiger partial charge in [-0.05, 0) is 31.4 Å². The van der Waals surface area contributed by atoms with Gasteiger partial charge in [0.25, 0.3) is 0 Å². The Bertz CT molecular complexity index is 762. The monoisotopic (exact) mass is 356 g/mol. The highest BCUT2D eigenvalue weighted by atomic mass is 16.7. The number of likely N-dealkylation sites (tertiary alicyclic amines) is 1. The molecule has 1 aromatic carbocycles. The van der Waals surface area contributed by atoms with Crippen LogP contribution in [0, 0.1) is 11.8 Å². The van der Waals surface area contributed by atoms with Gasteiger partial charge in [-0.1, -0.05) is 12.2 Å². The fourth-order valence-corrected chi connectivity index (χ4v) is 3.68. The lowest BCUT2D eigenvalue weighted by molar-refractivity contribution is -0.140. The number of nitrogens with one attached hydrogen (secondary N) is 1. The molecule has 1 fully saturated rings. The number of anilines is 1. The number of imide groups is 1. The SMILES string of the molecule is O=C(CCCN1C(=O)[C@H]2CC=CC[C@@H]2C1=O)Nc1ccc2c(c1)OCO2. The van der Waals surface area contributed by atoms with E-state index >= 15 is 0 Å². The van der Waals surface area contributed by atoms with Gasteiger partial charge in [0.2, 0.25) is 24.5 Å². The lowest BCUT2D eigenvalue weighted by Crippen LogP contribution is -2.32. The molecule has 3 aliphatic rings. The van der Waals surface area contributed by atoms with Crippen molar-refractivity contribution in [2.75, 3.05) is 18.7 Å². The van der Waals surface area contributed by atoms with Crippen LogP contribution in [0.1, 0.15) is 25.7 Å². The maximum absolute atomic E-state index is 12.4. The quantitative estimate of drug-likeness (QED) is 0.645. The predicted molar refractivity (Wildman–Crippen MR) is 92.5 cm³/mol. The topological polar surface area (TPSA) is 84.9 Å². The Morgan fingerprint density at radius 3 is 2.50 bits per heavy atom. The summed E-state index contributed by atoms with van der Waals surface area (Å²) >= 11 is 0. The number of rotatable bonds is 5. The largest absolute Gasteiger partial charge is 0.454 e. The third-order valence-electron chi connectivity index (χ3n) is 5.04. The highest BCUT2D eigenvalue weighted by Gasteiger charge is 2.46. The molecule has 1 aromatic rings. The number of nitrogens with zero attached hydrogens (tertiary/aromatic N) is 1. The zero-order valence-corrected chi connectivity index (χ0v) is 14.3. The van der Waals surface area contributed by atoms with Crippen LogP contribution in [0.4, 0.5) is 5.69 Å². The molecule has 1 N–H and O–H groups in total. The van der Waals surface area contributed by atoms with E-state index in [-0.39, 0.29) is 42.8 Å². The molecule has 7 nitrogen and oxygen atoms in total. The van der Waals surface area contributed by atoms with Crippen molar-refractivity contribution in [2.45, 2.75) is 25.7 Å². The summed E-state index contributed by atoms with van der Waals surface area (Å²) in [5.74, 6) is 0.477. The van der Waals surface area contributed by atoms with Gasteiger partial charge in [-0.2, -0.15) is 0 Å². The normalized spacial score (nSPS) is 23.3. The maximum Gasteiger partial charge on any atom is 0.233 e. The van der Waals surface area contributed by atoms with Gasteiger partial charge in [-0.25, -0.2) is 0 Å². The van der Waals surface area contributed by atoms with Crippen LogP contribution in [0.15, 0.2) is 30.4 Å². The first kappa shape index (κ1) is 16.6. The van der Waals surface area contributed by atoms with Crippen molar-refractivity contribution < 1.29 is 23.9 Å². The minimum absolute atomic E-state index is 0.0967. The lowest BCUT2D eigenvalue weighted by Gasteiger charge is -2.14. The van der Waals surface area contributed by atoms with Crippen LogP contribution >= 0.6 is 0 Å². The molecular weight excluding hydrogens is 336 g/mol.